The summed E-state index contributed by atoms with van der Waals surface area (Å²) in [7, 11) is 1.83. The van der Waals surface area contributed by atoms with Crippen LogP contribution in [0.15, 0.2) is 0 Å². The molecule has 0 atom stereocenters. The van der Waals surface area contributed by atoms with E-state index in [0.29, 0.717) is 18.2 Å². The van der Waals surface area contributed by atoms with Crippen molar-refractivity contribution in [3.05, 3.63) is 16.4 Å². The zero-order chi connectivity index (χ0) is 13.5. The average molecular weight is 271 g/mol. The summed E-state index contributed by atoms with van der Waals surface area (Å²) in [5, 5.41) is 7.84. The molecule has 2 rings (SSSR count). The number of rotatable bonds is 2. The van der Waals surface area contributed by atoms with Crippen molar-refractivity contribution in [2.45, 2.75) is 32.9 Å². The zero-order valence-electron chi connectivity index (χ0n) is 11.2. The number of carbonyl (C=O) groups is 1. The van der Waals surface area contributed by atoms with E-state index in [9.17, 15) is 4.79 Å². The Bertz CT molecular complexity index is 481. The first-order valence-corrected chi connectivity index (χ1v) is 6.43. The molecule has 1 N–H and O–H groups in total. The first-order chi connectivity index (χ1) is 8.34. The molecule has 1 fully saturated rings. The van der Waals surface area contributed by atoms with Gasteiger partial charge in [-0.2, -0.15) is 5.10 Å². The second-order valence-corrected chi connectivity index (χ2v) is 5.57. The molecule has 6 heteroatoms. The van der Waals surface area contributed by atoms with E-state index in [2.05, 4.69) is 15.3 Å². The van der Waals surface area contributed by atoms with Gasteiger partial charge in [0.2, 0.25) is 5.91 Å². The van der Waals surface area contributed by atoms with Crippen LogP contribution in [0.1, 0.15) is 25.1 Å². The van der Waals surface area contributed by atoms with E-state index in [-0.39, 0.29) is 5.91 Å². The third-order valence-electron chi connectivity index (χ3n) is 3.63. The van der Waals surface area contributed by atoms with Crippen molar-refractivity contribution in [3.8, 4) is 0 Å². The van der Waals surface area contributed by atoms with Gasteiger partial charge in [-0.15, -0.1) is 0 Å². The SMILES string of the molecule is Cc1nn(C)c(Cl)c1CN1CCNC(=O)C1(C)C. The number of hydrogen-bond acceptors (Lipinski definition) is 3. The third kappa shape index (κ3) is 2.12. The van der Waals surface area contributed by atoms with Crippen LogP contribution in [-0.2, 0) is 18.4 Å². The van der Waals surface area contributed by atoms with Crippen LogP contribution in [0.25, 0.3) is 0 Å². The van der Waals surface area contributed by atoms with Crippen LogP contribution < -0.4 is 5.32 Å². The van der Waals surface area contributed by atoms with E-state index in [0.717, 1.165) is 17.8 Å². The number of piperazine rings is 1. The highest BCUT2D eigenvalue weighted by Gasteiger charge is 2.38. The molecule has 1 aromatic heterocycles. The quantitative estimate of drug-likeness (QED) is 0.875. The lowest BCUT2D eigenvalue weighted by atomic mass is 9.98. The molecule has 1 aliphatic heterocycles. The molecule has 1 saturated heterocycles. The molecule has 5 nitrogen and oxygen atoms in total. The highest BCUT2D eigenvalue weighted by molar-refractivity contribution is 6.30. The summed E-state index contributed by atoms with van der Waals surface area (Å²) < 4.78 is 1.67. The van der Waals surface area contributed by atoms with Crippen LogP contribution in [0.5, 0.6) is 0 Å². The minimum absolute atomic E-state index is 0.0615. The number of aromatic nitrogens is 2. The topological polar surface area (TPSA) is 50.2 Å². The summed E-state index contributed by atoms with van der Waals surface area (Å²) in [6.07, 6.45) is 0. The summed E-state index contributed by atoms with van der Waals surface area (Å²) >= 11 is 6.24. The summed E-state index contributed by atoms with van der Waals surface area (Å²) in [5.74, 6) is 0.0615. The Morgan fingerprint density at radius 1 is 1.50 bits per heavy atom. The molecule has 100 valence electrons. The molecule has 2 heterocycles. The van der Waals surface area contributed by atoms with E-state index >= 15 is 0 Å². The van der Waals surface area contributed by atoms with E-state index < -0.39 is 5.54 Å². The Morgan fingerprint density at radius 2 is 2.17 bits per heavy atom. The summed E-state index contributed by atoms with van der Waals surface area (Å²) in [5.41, 5.74) is 1.41. The van der Waals surface area contributed by atoms with E-state index in [1.54, 1.807) is 4.68 Å². The van der Waals surface area contributed by atoms with Crippen molar-refractivity contribution in [1.29, 1.82) is 0 Å². The maximum Gasteiger partial charge on any atom is 0.240 e. The lowest BCUT2D eigenvalue weighted by molar-refractivity contribution is -0.135. The molecule has 0 radical (unpaired) electrons. The van der Waals surface area contributed by atoms with Gasteiger partial charge >= 0.3 is 0 Å². The maximum absolute atomic E-state index is 11.9. The van der Waals surface area contributed by atoms with Crippen molar-refractivity contribution in [2.75, 3.05) is 13.1 Å². The number of aryl methyl sites for hydroxylation is 2. The molecule has 1 amide bonds. The molecule has 0 unspecified atom stereocenters. The lowest BCUT2D eigenvalue weighted by Crippen LogP contribution is -2.61. The van der Waals surface area contributed by atoms with Gasteiger partial charge < -0.3 is 5.32 Å². The third-order valence-corrected chi connectivity index (χ3v) is 4.11. The van der Waals surface area contributed by atoms with Gasteiger partial charge in [0.1, 0.15) is 5.15 Å². The molecule has 0 saturated carbocycles. The summed E-state index contributed by atoms with van der Waals surface area (Å²) in [6.45, 7) is 7.96. The Morgan fingerprint density at radius 3 is 2.72 bits per heavy atom. The fourth-order valence-corrected chi connectivity index (χ4v) is 2.50. The first kappa shape index (κ1) is 13.4. The largest absolute Gasteiger partial charge is 0.353 e. The Balaban J connectivity index is 2.25. The van der Waals surface area contributed by atoms with Gasteiger partial charge in [0.15, 0.2) is 0 Å². The fourth-order valence-electron chi connectivity index (χ4n) is 2.26. The Kier molecular flexibility index (Phi) is 3.38. The lowest BCUT2D eigenvalue weighted by Gasteiger charge is -2.41. The van der Waals surface area contributed by atoms with Crippen LogP contribution in [0.2, 0.25) is 5.15 Å². The number of amides is 1. The van der Waals surface area contributed by atoms with Crippen molar-refractivity contribution >= 4 is 17.5 Å². The predicted octanol–water partition coefficient (Wildman–Crippen LogP) is 1.09. The standard InChI is InChI=1S/C12H19ClN4O/c1-8-9(10(13)16(4)15-8)7-17-6-5-14-11(18)12(17,2)3/h5-7H2,1-4H3,(H,14,18). The molecule has 0 bridgehead atoms. The number of carbonyl (C=O) groups excluding carboxylic acids is 1. The van der Waals surface area contributed by atoms with Crippen LogP contribution in [-0.4, -0.2) is 39.2 Å². The van der Waals surface area contributed by atoms with Gasteiger partial charge in [-0.05, 0) is 20.8 Å². The number of nitrogens with one attached hydrogen (secondary N) is 1. The molecule has 0 aromatic carbocycles. The Hall–Kier alpha value is -1.07. The molecular weight excluding hydrogens is 252 g/mol. The summed E-state index contributed by atoms with van der Waals surface area (Å²) in [6, 6.07) is 0. The molecule has 0 spiro atoms. The van der Waals surface area contributed by atoms with Crippen LogP contribution >= 0.6 is 11.6 Å². The number of halogens is 1. The smallest absolute Gasteiger partial charge is 0.240 e. The maximum atomic E-state index is 11.9. The second kappa shape index (κ2) is 4.55. The Labute approximate surface area is 112 Å². The first-order valence-electron chi connectivity index (χ1n) is 6.05. The van der Waals surface area contributed by atoms with Gasteiger partial charge in [-0.1, -0.05) is 11.6 Å². The molecular formula is C12H19ClN4O. The predicted molar refractivity (Wildman–Crippen MR) is 70.5 cm³/mol. The minimum Gasteiger partial charge on any atom is -0.353 e. The normalized spacial score (nSPS) is 19.9. The monoisotopic (exact) mass is 270 g/mol. The van der Waals surface area contributed by atoms with E-state index in [4.69, 9.17) is 11.6 Å². The van der Waals surface area contributed by atoms with Crippen molar-refractivity contribution in [3.63, 3.8) is 0 Å². The van der Waals surface area contributed by atoms with Gasteiger partial charge in [0.25, 0.3) is 0 Å². The molecule has 0 aliphatic carbocycles. The van der Waals surface area contributed by atoms with Crippen molar-refractivity contribution in [1.82, 2.24) is 20.0 Å². The van der Waals surface area contributed by atoms with E-state index in [1.807, 2.05) is 27.8 Å². The van der Waals surface area contributed by atoms with E-state index in [1.165, 1.54) is 0 Å². The van der Waals surface area contributed by atoms with Crippen molar-refractivity contribution in [2.24, 2.45) is 7.05 Å². The second-order valence-electron chi connectivity index (χ2n) is 5.21. The molecule has 18 heavy (non-hydrogen) atoms. The van der Waals surface area contributed by atoms with Gasteiger partial charge in [-0.3, -0.25) is 14.4 Å². The average Bonchev–Trinajstić information content (AvgIpc) is 2.52. The van der Waals surface area contributed by atoms with Crippen LogP contribution in [0.4, 0.5) is 0 Å². The molecule has 1 aliphatic rings. The van der Waals surface area contributed by atoms with Crippen LogP contribution in [0.3, 0.4) is 0 Å². The van der Waals surface area contributed by atoms with Crippen LogP contribution in [0, 0.1) is 6.92 Å². The fraction of sp³-hybridized carbons (Fsp3) is 0.667. The van der Waals surface area contributed by atoms with Gasteiger partial charge in [0, 0.05) is 32.2 Å². The van der Waals surface area contributed by atoms with Gasteiger partial charge in [0.05, 0.1) is 11.2 Å². The number of hydrogen-bond donors (Lipinski definition) is 1. The van der Waals surface area contributed by atoms with Gasteiger partial charge in [-0.25, -0.2) is 0 Å². The zero-order valence-corrected chi connectivity index (χ0v) is 12.0. The summed E-state index contributed by atoms with van der Waals surface area (Å²) in [4.78, 5) is 14.0. The number of nitrogens with zero attached hydrogens (tertiary/aromatic N) is 3. The highest BCUT2D eigenvalue weighted by Crippen LogP contribution is 2.25. The highest BCUT2D eigenvalue weighted by atomic mass is 35.5. The minimum atomic E-state index is -0.510. The molecule has 1 aromatic rings. The van der Waals surface area contributed by atoms with Crippen molar-refractivity contribution < 1.29 is 4.79 Å².